The van der Waals surface area contributed by atoms with Crippen molar-refractivity contribution in [2.45, 2.75) is 50.0 Å². The number of piperidine rings is 1. The maximum atomic E-state index is 13.0. The number of carbonyl (C=O) groups excluding carboxylic acids is 1. The molecule has 0 bridgehead atoms. The molecule has 0 aromatic heterocycles. The molecule has 4 atom stereocenters. The van der Waals surface area contributed by atoms with Crippen LogP contribution in [0.5, 0.6) is 11.5 Å². The number of hydrogen-bond acceptors (Lipinski definition) is 5. The first-order valence-corrected chi connectivity index (χ1v) is 10.7. The molecular weight excluding hydrogens is 380 g/mol. The predicted molar refractivity (Wildman–Crippen MR) is 115 cm³/mol. The van der Waals surface area contributed by atoms with E-state index in [1.807, 2.05) is 42.5 Å². The van der Waals surface area contributed by atoms with E-state index in [0.29, 0.717) is 17.7 Å². The second-order valence-corrected chi connectivity index (χ2v) is 8.06. The number of para-hydroxylation sites is 2. The monoisotopic (exact) mass is 410 g/mol. The Morgan fingerprint density at radius 2 is 1.73 bits per heavy atom. The van der Waals surface area contributed by atoms with Gasteiger partial charge in [-0.2, -0.15) is 0 Å². The van der Waals surface area contributed by atoms with E-state index < -0.39 is 6.10 Å². The molecule has 2 N–H and O–H groups in total. The van der Waals surface area contributed by atoms with E-state index in [2.05, 4.69) is 10.2 Å². The molecule has 0 radical (unpaired) electrons. The maximum Gasteiger partial charge on any atom is 0.255 e. The lowest BCUT2D eigenvalue weighted by atomic mass is 10.0. The second-order valence-electron chi connectivity index (χ2n) is 8.06. The Balaban J connectivity index is 1.54. The van der Waals surface area contributed by atoms with Gasteiger partial charge in [-0.25, -0.2) is 0 Å². The van der Waals surface area contributed by atoms with Gasteiger partial charge in [-0.1, -0.05) is 36.8 Å². The summed E-state index contributed by atoms with van der Waals surface area (Å²) in [5, 5.41) is 14.3. The number of aliphatic hydroxyl groups excluding tert-OH is 1. The molecule has 0 unspecified atom stereocenters. The highest BCUT2D eigenvalue weighted by Crippen LogP contribution is 2.31. The molecule has 2 aliphatic rings. The van der Waals surface area contributed by atoms with Crippen LogP contribution < -0.4 is 14.8 Å². The number of ether oxygens (including phenoxy) is 2. The van der Waals surface area contributed by atoms with E-state index >= 15 is 0 Å². The molecule has 160 valence electrons. The Hall–Kier alpha value is -2.57. The van der Waals surface area contributed by atoms with E-state index in [4.69, 9.17) is 9.47 Å². The minimum Gasteiger partial charge on any atom is -0.496 e. The molecule has 1 amide bonds. The minimum atomic E-state index is -0.675. The zero-order valence-corrected chi connectivity index (χ0v) is 17.4. The van der Waals surface area contributed by atoms with Gasteiger partial charge < -0.3 is 19.9 Å². The van der Waals surface area contributed by atoms with E-state index in [1.54, 1.807) is 19.2 Å². The van der Waals surface area contributed by atoms with Crippen LogP contribution in [0.2, 0.25) is 0 Å². The van der Waals surface area contributed by atoms with Crippen molar-refractivity contribution in [3.05, 3.63) is 60.2 Å². The van der Waals surface area contributed by atoms with Crippen LogP contribution in [0.3, 0.4) is 0 Å². The standard InChI is InChI=1S/C24H30N2O4/c1-29-20-13-7-6-12-18(20)24(28)25-19-16-21(30-17-10-4-2-5-11-17)23(27)22(19)26-14-8-3-9-15-26/h2,4-7,10-13,19,21-23,27H,3,8-9,14-16H2,1H3,(H,25,28)/t19-,21-,22+,23+/m1/s1. The first-order chi connectivity index (χ1) is 14.7. The topological polar surface area (TPSA) is 71.0 Å². The van der Waals surface area contributed by atoms with Crippen LogP contribution in [0.4, 0.5) is 0 Å². The van der Waals surface area contributed by atoms with Gasteiger partial charge in [-0.3, -0.25) is 9.69 Å². The Labute approximate surface area is 177 Å². The average molecular weight is 411 g/mol. The number of rotatable bonds is 6. The quantitative estimate of drug-likeness (QED) is 0.766. The number of benzene rings is 2. The molecule has 6 heteroatoms. The lowest BCUT2D eigenvalue weighted by molar-refractivity contribution is 0.00146. The van der Waals surface area contributed by atoms with Crippen LogP contribution in [0, 0.1) is 0 Å². The van der Waals surface area contributed by atoms with Crippen LogP contribution in [0.1, 0.15) is 36.0 Å². The molecule has 0 spiro atoms. The molecule has 1 heterocycles. The van der Waals surface area contributed by atoms with E-state index in [9.17, 15) is 9.90 Å². The number of methoxy groups -OCH3 is 1. The second kappa shape index (κ2) is 9.49. The molecule has 4 rings (SSSR count). The van der Waals surface area contributed by atoms with Crippen molar-refractivity contribution in [1.82, 2.24) is 10.2 Å². The van der Waals surface area contributed by atoms with Gasteiger partial charge in [0.05, 0.1) is 24.8 Å². The van der Waals surface area contributed by atoms with Crippen molar-refractivity contribution in [1.29, 1.82) is 0 Å². The van der Waals surface area contributed by atoms with Crippen LogP contribution >= 0.6 is 0 Å². The summed E-state index contributed by atoms with van der Waals surface area (Å²) < 4.78 is 11.5. The Morgan fingerprint density at radius 3 is 2.47 bits per heavy atom. The van der Waals surface area contributed by atoms with Crippen LogP contribution in [0.25, 0.3) is 0 Å². The highest BCUT2D eigenvalue weighted by molar-refractivity contribution is 5.97. The number of nitrogens with zero attached hydrogens (tertiary/aromatic N) is 1. The van der Waals surface area contributed by atoms with Crippen molar-refractivity contribution in [3.63, 3.8) is 0 Å². The minimum absolute atomic E-state index is 0.169. The Kier molecular flexibility index (Phi) is 6.55. The summed E-state index contributed by atoms with van der Waals surface area (Å²) in [6.45, 7) is 1.86. The Bertz CT molecular complexity index is 838. The highest BCUT2D eigenvalue weighted by Gasteiger charge is 2.47. The molecule has 30 heavy (non-hydrogen) atoms. The van der Waals surface area contributed by atoms with Gasteiger partial charge in [0, 0.05) is 6.42 Å². The van der Waals surface area contributed by atoms with Gasteiger partial charge in [0.25, 0.3) is 5.91 Å². The number of aliphatic hydroxyl groups is 1. The lowest BCUT2D eigenvalue weighted by Crippen LogP contribution is -2.54. The third-order valence-electron chi connectivity index (χ3n) is 6.14. The number of likely N-dealkylation sites (tertiary alicyclic amines) is 1. The zero-order chi connectivity index (χ0) is 20.9. The van der Waals surface area contributed by atoms with Gasteiger partial charge in [-0.15, -0.1) is 0 Å². The Morgan fingerprint density at radius 1 is 1.03 bits per heavy atom. The van der Waals surface area contributed by atoms with Crippen molar-refractivity contribution in [3.8, 4) is 11.5 Å². The van der Waals surface area contributed by atoms with Crippen LogP contribution in [-0.4, -0.2) is 60.4 Å². The molecule has 2 aromatic rings. The summed E-state index contributed by atoms with van der Waals surface area (Å²) in [7, 11) is 1.56. The van der Waals surface area contributed by atoms with Gasteiger partial charge in [0.15, 0.2) is 0 Å². The first kappa shape index (κ1) is 20.7. The van der Waals surface area contributed by atoms with Gasteiger partial charge >= 0.3 is 0 Å². The predicted octanol–water partition coefficient (Wildman–Crippen LogP) is 2.86. The van der Waals surface area contributed by atoms with E-state index in [-0.39, 0.29) is 24.1 Å². The molecule has 6 nitrogen and oxygen atoms in total. The lowest BCUT2D eigenvalue weighted by Gasteiger charge is -2.37. The molecule has 1 aliphatic heterocycles. The molecule has 1 saturated heterocycles. The summed E-state index contributed by atoms with van der Waals surface area (Å²) in [6, 6.07) is 16.4. The summed E-state index contributed by atoms with van der Waals surface area (Å²) in [4.78, 5) is 15.4. The van der Waals surface area contributed by atoms with Gasteiger partial charge in [-0.05, 0) is 50.2 Å². The fourth-order valence-corrected chi connectivity index (χ4v) is 4.69. The maximum absolute atomic E-state index is 13.0. The molecule has 2 aromatic carbocycles. The third-order valence-corrected chi connectivity index (χ3v) is 6.14. The fraction of sp³-hybridized carbons (Fsp3) is 0.458. The van der Waals surface area contributed by atoms with Crippen molar-refractivity contribution in [2.75, 3.05) is 20.2 Å². The van der Waals surface area contributed by atoms with Crippen molar-refractivity contribution >= 4 is 5.91 Å². The van der Waals surface area contributed by atoms with Crippen LogP contribution in [-0.2, 0) is 0 Å². The third kappa shape index (κ3) is 4.45. The number of hydrogen-bond donors (Lipinski definition) is 2. The van der Waals surface area contributed by atoms with E-state index in [1.165, 1.54) is 6.42 Å². The zero-order valence-electron chi connectivity index (χ0n) is 17.4. The van der Waals surface area contributed by atoms with Crippen molar-refractivity contribution < 1.29 is 19.4 Å². The summed E-state index contributed by atoms with van der Waals surface area (Å²) in [6.07, 6.45) is 2.94. The summed E-state index contributed by atoms with van der Waals surface area (Å²) >= 11 is 0. The normalized spacial score (nSPS) is 26.9. The largest absolute Gasteiger partial charge is 0.496 e. The van der Waals surface area contributed by atoms with Crippen molar-refractivity contribution in [2.24, 2.45) is 0 Å². The van der Waals surface area contributed by atoms with E-state index in [0.717, 1.165) is 31.7 Å². The van der Waals surface area contributed by atoms with Gasteiger partial charge in [0.1, 0.15) is 23.7 Å². The smallest absolute Gasteiger partial charge is 0.255 e. The first-order valence-electron chi connectivity index (χ1n) is 10.7. The summed E-state index contributed by atoms with van der Waals surface area (Å²) in [5.74, 6) is 1.09. The SMILES string of the molecule is COc1ccccc1C(=O)N[C@@H]1C[C@@H](Oc2ccccc2)[C@H](O)[C@H]1N1CCCCC1. The molecule has 1 saturated carbocycles. The fourth-order valence-electron chi connectivity index (χ4n) is 4.69. The van der Waals surface area contributed by atoms with Crippen LogP contribution in [0.15, 0.2) is 54.6 Å². The average Bonchev–Trinajstić information content (AvgIpc) is 3.09. The number of amides is 1. The number of carbonyl (C=O) groups is 1. The summed E-state index contributed by atoms with van der Waals surface area (Å²) in [5.41, 5.74) is 0.499. The molecule has 2 fully saturated rings. The molecule has 1 aliphatic carbocycles. The van der Waals surface area contributed by atoms with Gasteiger partial charge in [0.2, 0.25) is 0 Å². The number of nitrogens with one attached hydrogen (secondary N) is 1. The molecular formula is C24H30N2O4. The highest BCUT2D eigenvalue weighted by atomic mass is 16.5.